The van der Waals surface area contributed by atoms with E-state index in [4.69, 9.17) is 17.0 Å². The lowest BCUT2D eigenvalue weighted by Crippen LogP contribution is -2.46. The van der Waals surface area contributed by atoms with Crippen LogP contribution in [0.1, 0.15) is 19.3 Å². The number of carbonyl (C=O) groups excluding carboxylic acids is 1. The van der Waals surface area contributed by atoms with Gasteiger partial charge in [-0.1, -0.05) is 36.4 Å². The Balaban J connectivity index is 1.57. The Labute approximate surface area is 141 Å². The predicted molar refractivity (Wildman–Crippen MR) is 95.6 cm³/mol. The smallest absolute Gasteiger partial charge is 0.264 e. The van der Waals surface area contributed by atoms with Gasteiger partial charge in [0.1, 0.15) is 5.75 Å². The highest BCUT2D eigenvalue weighted by molar-refractivity contribution is 7.80. The van der Waals surface area contributed by atoms with E-state index in [2.05, 4.69) is 10.2 Å². The molecule has 1 N–H and O–H groups in total. The van der Waals surface area contributed by atoms with Crippen LogP contribution in [0.3, 0.4) is 0 Å². The molecule has 0 radical (unpaired) electrons. The maximum atomic E-state index is 12.1. The molecule has 1 aliphatic heterocycles. The van der Waals surface area contributed by atoms with Crippen molar-refractivity contribution in [3.63, 3.8) is 0 Å². The molecule has 2 aromatic rings. The Morgan fingerprint density at radius 3 is 2.65 bits per heavy atom. The Hall–Kier alpha value is -2.14. The van der Waals surface area contributed by atoms with Gasteiger partial charge in [-0.15, -0.1) is 0 Å². The fourth-order valence-electron chi connectivity index (χ4n) is 2.80. The molecule has 1 amide bonds. The summed E-state index contributed by atoms with van der Waals surface area (Å²) in [5.41, 5.74) is 0. The largest absolute Gasteiger partial charge is 0.483 e. The first-order chi connectivity index (χ1) is 11.2. The molecule has 0 spiro atoms. The molecule has 120 valence electrons. The first-order valence-corrected chi connectivity index (χ1v) is 8.34. The summed E-state index contributed by atoms with van der Waals surface area (Å²) in [7, 11) is 0. The second-order valence-corrected chi connectivity index (χ2v) is 6.05. The molecule has 0 saturated carbocycles. The summed E-state index contributed by atoms with van der Waals surface area (Å²) in [6.07, 6.45) is 3.49. The van der Waals surface area contributed by atoms with Gasteiger partial charge in [-0.3, -0.25) is 4.79 Å². The summed E-state index contributed by atoms with van der Waals surface area (Å²) in [4.78, 5) is 14.1. The van der Waals surface area contributed by atoms with E-state index in [0.717, 1.165) is 36.7 Å². The molecule has 4 nitrogen and oxygen atoms in total. The van der Waals surface area contributed by atoms with Crippen molar-refractivity contribution >= 4 is 34.0 Å². The van der Waals surface area contributed by atoms with E-state index in [1.807, 2.05) is 42.5 Å². The van der Waals surface area contributed by atoms with Crippen molar-refractivity contribution in [2.24, 2.45) is 0 Å². The molecule has 2 aromatic carbocycles. The van der Waals surface area contributed by atoms with Crippen molar-refractivity contribution in [1.82, 2.24) is 10.2 Å². The van der Waals surface area contributed by atoms with Crippen LogP contribution < -0.4 is 10.1 Å². The van der Waals surface area contributed by atoms with Gasteiger partial charge >= 0.3 is 0 Å². The highest BCUT2D eigenvalue weighted by atomic mass is 32.1. The summed E-state index contributed by atoms with van der Waals surface area (Å²) in [5, 5.41) is 5.36. The van der Waals surface area contributed by atoms with Crippen molar-refractivity contribution in [2.75, 3.05) is 19.7 Å². The maximum absolute atomic E-state index is 12.1. The quantitative estimate of drug-likeness (QED) is 0.879. The van der Waals surface area contributed by atoms with Crippen LogP contribution >= 0.6 is 12.2 Å². The molecule has 0 aromatic heterocycles. The number of fused-ring (bicyclic) bond motifs is 1. The lowest BCUT2D eigenvalue weighted by Gasteiger charge is -2.28. The van der Waals surface area contributed by atoms with Crippen LogP contribution in [0.15, 0.2) is 42.5 Å². The van der Waals surface area contributed by atoms with Crippen LogP contribution in [0.4, 0.5) is 0 Å². The average molecular weight is 328 g/mol. The minimum absolute atomic E-state index is 0.0397. The standard InChI is InChI=1S/C18H20N2O2S/c21-17(19-18(23)20-11-4-1-5-12-20)13-22-16-10-6-8-14-7-2-3-9-15(14)16/h2-3,6-10H,1,4-5,11-13H2,(H,19,21,23). The SMILES string of the molecule is O=C(COc1cccc2ccccc12)NC(=S)N1CCCCC1. The first kappa shape index (κ1) is 15.7. The lowest BCUT2D eigenvalue weighted by atomic mass is 10.1. The van der Waals surface area contributed by atoms with Gasteiger partial charge in [0.2, 0.25) is 0 Å². The molecule has 0 bridgehead atoms. The van der Waals surface area contributed by atoms with Gasteiger partial charge in [-0.25, -0.2) is 0 Å². The Morgan fingerprint density at radius 1 is 1.09 bits per heavy atom. The van der Waals surface area contributed by atoms with Crippen molar-refractivity contribution in [3.8, 4) is 5.75 Å². The van der Waals surface area contributed by atoms with Gasteiger partial charge in [0.25, 0.3) is 5.91 Å². The Bertz CT molecular complexity index is 706. The predicted octanol–water partition coefficient (Wildman–Crippen LogP) is 3.11. The summed E-state index contributed by atoms with van der Waals surface area (Å²) < 4.78 is 5.68. The molecule has 3 rings (SSSR count). The van der Waals surface area contributed by atoms with Crippen LogP contribution in [0.5, 0.6) is 5.75 Å². The van der Waals surface area contributed by atoms with E-state index >= 15 is 0 Å². The fraction of sp³-hybridized carbons (Fsp3) is 0.333. The monoisotopic (exact) mass is 328 g/mol. The van der Waals surface area contributed by atoms with E-state index in [0.29, 0.717) is 10.9 Å². The van der Waals surface area contributed by atoms with Crippen molar-refractivity contribution in [2.45, 2.75) is 19.3 Å². The number of nitrogens with one attached hydrogen (secondary N) is 1. The van der Waals surface area contributed by atoms with Crippen molar-refractivity contribution < 1.29 is 9.53 Å². The number of piperidine rings is 1. The van der Waals surface area contributed by atoms with E-state index in [1.54, 1.807) is 0 Å². The normalized spacial score (nSPS) is 14.5. The third-order valence-corrected chi connectivity index (χ3v) is 4.36. The number of ether oxygens (including phenoxy) is 1. The molecule has 0 atom stereocenters. The number of likely N-dealkylation sites (tertiary alicyclic amines) is 1. The molecule has 0 aliphatic carbocycles. The minimum atomic E-state index is -0.214. The average Bonchev–Trinajstić information content (AvgIpc) is 2.60. The number of hydrogen-bond donors (Lipinski definition) is 1. The zero-order chi connectivity index (χ0) is 16.1. The van der Waals surface area contributed by atoms with Crippen molar-refractivity contribution in [3.05, 3.63) is 42.5 Å². The number of benzene rings is 2. The number of amides is 1. The van der Waals surface area contributed by atoms with Gasteiger partial charge in [0.15, 0.2) is 11.7 Å². The van der Waals surface area contributed by atoms with Crippen molar-refractivity contribution in [1.29, 1.82) is 0 Å². The second kappa shape index (κ2) is 7.42. The summed E-state index contributed by atoms with van der Waals surface area (Å²) in [6.45, 7) is 1.80. The van der Waals surface area contributed by atoms with Gasteiger partial charge in [0, 0.05) is 18.5 Å². The van der Waals surface area contributed by atoms with E-state index in [-0.39, 0.29) is 12.5 Å². The number of thiocarbonyl (C=S) groups is 1. The lowest BCUT2D eigenvalue weighted by molar-refractivity contribution is -0.121. The molecule has 23 heavy (non-hydrogen) atoms. The molecule has 0 unspecified atom stereocenters. The van der Waals surface area contributed by atoms with Crippen LogP contribution in [-0.2, 0) is 4.79 Å². The van der Waals surface area contributed by atoms with Gasteiger partial charge in [0.05, 0.1) is 0 Å². The molecule has 1 heterocycles. The Kier molecular flexibility index (Phi) is 5.08. The number of rotatable bonds is 3. The zero-order valence-corrected chi connectivity index (χ0v) is 13.8. The first-order valence-electron chi connectivity index (χ1n) is 7.93. The molecule has 5 heteroatoms. The molecular formula is C18H20N2O2S. The topological polar surface area (TPSA) is 41.6 Å². The third-order valence-electron chi connectivity index (χ3n) is 4.00. The van der Waals surface area contributed by atoms with E-state index in [9.17, 15) is 4.79 Å². The van der Waals surface area contributed by atoms with Crippen LogP contribution in [0.25, 0.3) is 10.8 Å². The fourth-order valence-corrected chi connectivity index (χ4v) is 3.09. The number of nitrogens with zero attached hydrogens (tertiary/aromatic N) is 1. The molecule has 1 fully saturated rings. The maximum Gasteiger partial charge on any atom is 0.264 e. The van der Waals surface area contributed by atoms with Crippen LogP contribution in [0, 0.1) is 0 Å². The van der Waals surface area contributed by atoms with Crippen LogP contribution in [-0.4, -0.2) is 35.6 Å². The Morgan fingerprint density at radius 2 is 1.83 bits per heavy atom. The zero-order valence-electron chi connectivity index (χ0n) is 13.0. The highest BCUT2D eigenvalue weighted by Gasteiger charge is 2.15. The van der Waals surface area contributed by atoms with Crippen LogP contribution in [0.2, 0.25) is 0 Å². The summed E-state index contributed by atoms with van der Waals surface area (Å²) in [6, 6.07) is 13.8. The third kappa shape index (κ3) is 3.99. The molecule has 1 aliphatic rings. The second-order valence-electron chi connectivity index (χ2n) is 5.67. The summed E-state index contributed by atoms with van der Waals surface area (Å²) >= 11 is 5.30. The molecular weight excluding hydrogens is 308 g/mol. The van der Waals surface area contributed by atoms with E-state index < -0.39 is 0 Å². The highest BCUT2D eigenvalue weighted by Crippen LogP contribution is 2.24. The van der Waals surface area contributed by atoms with Gasteiger partial charge in [-0.2, -0.15) is 0 Å². The van der Waals surface area contributed by atoms with Gasteiger partial charge < -0.3 is 15.0 Å². The van der Waals surface area contributed by atoms with Gasteiger partial charge in [-0.05, 0) is 42.9 Å². The summed E-state index contributed by atoms with van der Waals surface area (Å²) in [5.74, 6) is 0.496. The van der Waals surface area contributed by atoms with E-state index in [1.165, 1.54) is 6.42 Å². The number of carbonyl (C=O) groups is 1. The number of hydrogen-bond acceptors (Lipinski definition) is 3. The molecule has 1 saturated heterocycles. The minimum Gasteiger partial charge on any atom is -0.483 e.